The molecule has 0 bridgehead atoms. The molecule has 1 aliphatic heterocycles. The van der Waals surface area contributed by atoms with Crippen LogP contribution in [0.25, 0.3) is 6.08 Å². The van der Waals surface area contributed by atoms with Gasteiger partial charge in [0.15, 0.2) is 11.5 Å². The fourth-order valence-electron chi connectivity index (χ4n) is 2.96. The van der Waals surface area contributed by atoms with E-state index in [0.717, 1.165) is 22.2 Å². The van der Waals surface area contributed by atoms with Gasteiger partial charge in [0.05, 0.1) is 22.6 Å². The lowest BCUT2D eigenvalue weighted by Gasteiger charge is -2.15. The van der Waals surface area contributed by atoms with E-state index in [9.17, 15) is 18.8 Å². The van der Waals surface area contributed by atoms with Crippen LogP contribution in [-0.2, 0) is 20.9 Å². The highest BCUT2D eigenvalue weighted by Crippen LogP contribution is 2.39. The Kier molecular flexibility index (Phi) is 8.73. The Labute approximate surface area is 209 Å². The maximum Gasteiger partial charge on any atom is 0.326 e. The standard InChI is InChI=1S/C24H23BrFNO6S/c1-4-14(2)33-21(28)12-27-23(29)20(34-24(27)30)11-16-9-18(25)22(19(10-16)31-3)32-13-15-5-7-17(26)8-6-15/h5-11,14H,4,12-13H2,1-3H3/b20-11+/t14-/m0/s1. The van der Waals surface area contributed by atoms with Crippen LogP contribution in [0.5, 0.6) is 11.5 Å². The van der Waals surface area contributed by atoms with Gasteiger partial charge in [0.1, 0.15) is 19.0 Å². The van der Waals surface area contributed by atoms with Gasteiger partial charge in [-0.1, -0.05) is 19.1 Å². The van der Waals surface area contributed by atoms with Crippen LogP contribution in [-0.4, -0.2) is 41.8 Å². The van der Waals surface area contributed by atoms with Crippen molar-refractivity contribution >= 4 is 50.9 Å². The Balaban J connectivity index is 1.75. The molecule has 1 fully saturated rings. The Hall–Kier alpha value is -2.85. The van der Waals surface area contributed by atoms with Gasteiger partial charge < -0.3 is 14.2 Å². The molecule has 34 heavy (non-hydrogen) atoms. The molecule has 0 saturated carbocycles. The minimum Gasteiger partial charge on any atom is -0.493 e. The normalized spacial score (nSPS) is 15.6. The second-order valence-corrected chi connectivity index (χ2v) is 9.27. The molecule has 1 heterocycles. The molecule has 0 spiro atoms. The number of benzene rings is 2. The van der Waals surface area contributed by atoms with Crippen LogP contribution < -0.4 is 9.47 Å². The van der Waals surface area contributed by atoms with Crippen molar-refractivity contribution in [2.75, 3.05) is 13.7 Å². The van der Waals surface area contributed by atoms with Crippen LogP contribution in [0.15, 0.2) is 45.8 Å². The van der Waals surface area contributed by atoms with Gasteiger partial charge in [-0.25, -0.2) is 4.39 Å². The predicted octanol–water partition coefficient (Wildman–Crippen LogP) is 5.55. The molecule has 1 aliphatic rings. The van der Waals surface area contributed by atoms with Crippen LogP contribution >= 0.6 is 27.7 Å². The molecule has 3 rings (SSSR count). The average Bonchev–Trinajstić information content (AvgIpc) is 3.06. The maximum atomic E-state index is 13.1. The van der Waals surface area contributed by atoms with Crippen LogP contribution in [0.3, 0.4) is 0 Å². The number of nitrogens with zero attached hydrogens (tertiary/aromatic N) is 1. The summed E-state index contributed by atoms with van der Waals surface area (Å²) in [5, 5.41) is -0.539. The number of halogens is 2. The zero-order chi connectivity index (χ0) is 24.8. The lowest BCUT2D eigenvalue weighted by molar-refractivity contribution is -0.150. The number of thioether (sulfide) groups is 1. The lowest BCUT2D eigenvalue weighted by Crippen LogP contribution is -2.35. The molecule has 0 N–H and O–H groups in total. The number of rotatable bonds is 9. The summed E-state index contributed by atoms with van der Waals surface area (Å²) in [5.74, 6) is -0.694. The van der Waals surface area contributed by atoms with Crippen molar-refractivity contribution in [1.29, 1.82) is 0 Å². The summed E-state index contributed by atoms with van der Waals surface area (Å²) in [6.45, 7) is 3.37. The number of methoxy groups -OCH3 is 1. The number of amides is 2. The van der Waals surface area contributed by atoms with Crippen LogP contribution in [0.2, 0.25) is 0 Å². The van der Waals surface area contributed by atoms with Gasteiger partial charge in [-0.2, -0.15) is 0 Å². The molecule has 1 saturated heterocycles. The summed E-state index contributed by atoms with van der Waals surface area (Å²) in [5.41, 5.74) is 1.37. The fourth-order valence-corrected chi connectivity index (χ4v) is 4.37. The summed E-state index contributed by atoms with van der Waals surface area (Å²) in [7, 11) is 1.48. The summed E-state index contributed by atoms with van der Waals surface area (Å²) in [6.07, 6.45) is 1.88. The first-order valence-electron chi connectivity index (χ1n) is 10.4. The van der Waals surface area contributed by atoms with E-state index in [1.807, 2.05) is 6.92 Å². The van der Waals surface area contributed by atoms with Gasteiger partial charge in [0, 0.05) is 0 Å². The van der Waals surface area contributed by atoms with Gasteiger partial charge in [-0.15, -0.1) is 0 Å². The van der Waals surface area contributed by atoms with E-state index in [1.165, 1.54) is 19.2 Å². The van der Waals surface area contributed by atoms with Crippen molar-refractivity contribution in [3.05, 3.63) is 62.7 Å². The van der Waals surface area contributed by atoms with Crippen LogP contribution in [0.1, 0.15) is 31.4 Å². The SMILES string of the molecule is CC[C@H](C)OC(=O)CN1C(=O)S/C(=C/c2cc(Br)c(OCc3ccc(F)cc3)c(OC)c2)C1=O. The first kappa shape index (κ1) is 25.8. The van der Waals surface area contributed by atoms with E-state index in [0.29, 0.717) is 28.0 Å². The first-order chi connectivity index (χ1) is 16.2. The van der Waals surface area contributed by atoms with E-state index in [4.69, 9.17) is 14.2 Å². The fraction of sp³-hybridized carbons (Fsp3) is 0.292. The predicted molar refractivity (Wildman–Crippen MR) is 130 cm³/mol. The molecule has 10 heteroatoms. The van der Waals surface area contributed by atoms with Gasteiger partial charge in [0.25, 0.3) is 11.1 Å². The number of ether oxygens (including phenoxy) is 3. The number of esters is 1. The minimum atomic E-state index is -0.634. The zero-order valence-electron chi connectivity index (χ0n) is 18.8. The molecule has 0 radical (unpaired) electrons. The van der Waals surface area contributed by atoms with Gasteiger partial charge in [-0.3, -0.25) is 19.3 Å². The van der Waals surface area contributed by atoms with Crippen molar-refractivity contribution < 1.29 is 33.0 Å². The third-order valence-electron chi connectivity index (χ3n) is 4.91. The number of hydrogen-bond donors (Lipinski definition) is 0. The molecule has 0 unspecified atom stereocenters. The first-order valence-corrected chi connectivity index (χ1v) is 12.0. The molecule has 2 amide bonds. The van der Waals surface area contributed by atoms with Crippen molar-refractivity contribution in [3.8, 4) is 11.5 Å². The van der Waals surface area contributed by atoms with Gasteiger partial charge in [-0.05, 0) is 82.5 Å². The molecule has 7 nitrogen and oxygen atoms in total. The smallest absolute Gasteiger partial charge is 0.326 e. The van der Waals surface area contributed by atoms with Crippen LogP contribution in [0.4, 0.5) is 9.18 Å². The van der Waals surface area contributed by atoms with Crippen molar-refractivity contribution in [2.45, 2.75) is 33.0 Å². The molecular formula is C24H23BrFNO6S. The van der Waals surface area contributed by atoms with Crippen LogP contribution in [0, 0.1) is 5.82 Å². The number of carbonyl (C=O) groups is 3. The molecular weight excluding hydrogens is 529 g/mol. The highest BCUT2D eigenvalue weighted by molar-refractivity contribution is 9.10. The quantitative estimate of drug-likeness (QED) is 0.298. The number of carbonyl (C=O) groups excluding carboxylic acids is 3. The van der Waals surface area contributed by atoms with Gasteiger partial charge >= 0.3 is 5.97 Å². The minimum absolute atomic E-state index is 0.176. The lowest BCUT2D eigenvalue weighted by atomic mass is 10.1. The summed E-state index contributed by atoms with van der Waals surface area (Å²) in [4.78, 5) is 38.1. The molecule has 0 aliphatic carbocycles. The third kappa shape index (κ3) is 6.38. The maximum absolute atomic E-state index is 13.1. The zero-order valence-corrected chi connectivity index (χ0v) is 21.2. The van der Waals surface area contributed by atoms with Crippen molar-refractivity contribution in [1.82, 2.24) is 4.90 Å². The van der Waals surface area contributed by atoms with Gasteiger partial charge in [0.2, 0.25) is 0 Å². The van der Waals surface area contributed by atoms with E-state index in [2.05, 4.69) is 15.9 Å². The van der Waals surface area contributed by atoms with E-state index >= 15 is 0 Å². The third-order valence-corrected chi connectivity index (χ3v) is 6.41. The summed E-state index contributed by atoms with van der Waals surface area (Å²) < 4.78 is 30.1. The van der Waals surface area contributed by atoms with Crippen molar-refractivity contribution in [3.63, 3.8) is 0 Å². The van der Waals surface area contributed by atoms with Crippen molar-refractivity contribution in [2.24, 2.45) is 0 Å². The summed E-state index contributed by atoms with van der Waals surface area (Å²) >= 11 is 4.20. The average molecular weight is 552 g/mol. The Morgan fingerprint density at radius 1 is 1.24 bits per heavy atom. The molecule has 2 aromatic carbocycles. The molecule has 2 aromatic rings. The number of hydrogen-bond acceptors (Lipinski definition) is 7. The Morgan fingerprint density at radius 3 is 2.59 bits per heavy atom. The van der Waals surface area contributed by atoms with E-state index in [1.54, 1.807) is 37.3 Å². The highest BCUT2D eigenvalue weighted by Gasteiger charge is 2.37. The Bertz CT molecular complexity index is 1120. The van der Waals surface area contributed by atoms with E-state index < -0.39 is 23.7 Å². The second kappa shape index (κ2) is 11.5. The van der Waals surface area contributed by atoms with E-state index in [-0.39, 0.29) is 23.4 Å². The number of imide groups is 1. The Morgan fingerprint density at radius 2 is 1.94 bits per heavy atom. The second-order valence-electron chi connectivity index (χ2n) is 7.43. The molecule has 0 aromatic heterocycles. The monoisotopic (exact) mass is 551 g/mol. The summed E-state index contributed by atoms with van der Waals surface area (Å²) in [6, 6.07) is 9.33. The topological polar surface area (TPSA) is 82.1 Å². The molecule has 1 atom stereocenters. The largest absolute Gasteiger partial charge is 0.493 e. The highest BCUT2D eigenvalue weighted by atomic mass is 79.9. The molecule has 180 valence electrons.